The average molecular weight is 499 g/mol. The number of piperidine rings is 1. The number of thiophene rings is 1. The normalized spacial score (nSPS) is 16.7. The lowest BCUT2D eigenvalue weighted by atomic mass is 9.97. The molecule has 1 aliphatic heterocycles. The maximum Gasteiger partial charge on any atom is 0.181 e. The smallest absolute Gasteiger partial charge is 0.181 e. The number of benzene rings is 2. The molecule has 1 fully saturated rings. The Bertz CT molecular complexity index is 1440. The minimum atomic E-state index is 0.147. The molecule has 5 aromatic rings. The van der Waals surface area contributed by atoms with Gasteiger partial charge >= 0.3 is 0 Å². The summed E-state index contributed by atoms with van der Waals surface area (Å²) in [6.45, 7) is 7.22. The van der Waals surface area contributed by atoms with E-state index in [1.165, 1.54) is 11.3 Å². The molecule has 1 atom stereocenters. The minimum Gasteiger partial charge on any atom is -0.491 e. The average Bonchev–Trinajstić information content (AvgIpc) is 3.65. The highest BCUT2D eigenvalue weighted by Gasteiger charge is 2.25. The Morgan fingerprint density at radius 3 is 2.72 bits per heavy atom. The van der Waals surface area contributed by atoms with Crippen LogP contribution < -0.4 is 4.74 Å². The molecule has 3 aromatic heterocycles. The number of H-pyrrole nitrogens is 2. The van der Waals surface area contributed by atoms with Gasteiger partial charge in [0.2, 0.25) is 0 Å². The van der Waals surface area contributed by atoms with E-state index in [1.807, 2.05) is 37.3 Å². The van der Waals surface area contributed by atoms with E-state index < -0.39 is 0 Å². The SMILES string of the molecule is CC(C)Oc1ccc(-c2n[nH]c3ccc(-c4n[nH]c([C@@H]5CCCN(Cc6cccs6)C5)n4)cc23)cc1. The lowest BCUT2D eigenvalue weighted by Gasteiger charge is -2.31. The summed E-state index contributed by atoms with van der Waals surface area (Å²) in [4.78, 5) is 8.88. The number of hydrogen-bond acceptors (Lipinski definition) is 6. The molecule has 2 N–H and O–H groups in total. The predicted molar refractivity (Wildman–Crippen MR) is 144 cm³/mol. The van der Waals surface area contributed by atoms with Gasteiger partial charge in [0.05, 0.1) is 17.3 Å². The molecule has 184 valence electrons. The Balaban J connectivity index is 1.22. The van der Waals surface area contributed by atoms with Crippen molar-refractivity contribution in [1.29, 1.82) is 0 Å². The molecule has 2 aromatic carbocycles. The summed E-state index contributed by atoms with van der Waals surface area (Å²) in [6, 6.07) is 18.7. The molecule has 0 amide bonds. The second kappa shape index (κ2) is 9.87. The number of nitrogens with one attached hydrogen (secondary N) is 2. The van der Waals surface area contributed by atoms with Gasteiger partial charge in [-0.15, -0.1) is 11.3 Å². The van der Waals surface area contributed by atoms with Crippen LogP contribution in [-0.2, 0) is 6.54 Å². The number of fused-ring (bicyclic) bond motifs is 1. The van der Waals surface area contributed by atoms with E-state index in [9.17, 15) is 0 Å². The molecule has 0 unspecified atom stereocenters. The largest absolute Gasteiger partial charge is 0.491 e. The lowest BCUT2D eigenvalue weighted by molar-refractivity contribution is 0.198. The molecule has 6 rings (SSSR count). The quantitative estimate of drug-likeness (QED) is 0.277. The van der Waals surface area contributed by atoms with E-state index in [0.29, 0.717) is 5.92 Å². The fourth-order valence-electron chi connectivity index (χ4n) is 4.97. The third-order valence-corrected chi connectivity index (χ3v) is 7.54. The van der Waals surface area contributed by atoms with Gasteiger partial charge in [-0.1, -0.05) is 6.07 Å². The van der Waals surface area contributed by atoms with Crippen molar-refractivity contribution in [3.05, 3.63) is 70.7 Å². The first kappa shape index (κ1) is 22.9. The Hall–Kier alpha value is -3.49. The van der Waals surface area contributed by atoms with Gasteiger partial charge in [-0.2, -0.15) is 10.2 Å². The zero-order valence-electron chi connectivity index (χ0n) is 20.6. The molecule has 36 heavy (non-hydrogen) atoms. The zero-order valence-corrected chi connectivity index (χ0v) is 21.4. The summed E-state index contributed by atoms with van der Waals surface area (Å²) in [7, 11) is 0. The number of likely N-dealkylation sites (tertiary alicyclic amines) is 1. The topological polar surface area (TPSA) is 82.7 Å². The minimum absolute atomic E-state index is 0.147. The molecule has 0 saturated carbocycles. The van der Waals surface area contributed by atoms with Crippen molar-refractivity contribution in [3.8, 4) is 28.4 Å². The maximum absolute atomic E-state index is 5.79. The first-order valence-corrected chi connectivity index (χ1v) is 13.4. The van der Waals surface area contributed by atoms with Crippen LogP contribution in [0.3, 0.4) is 0 Å². The third-order valence-electron chi connectivity index (χ3n) is 6.68. The number of rotatable bonds is 7. The molecule has 7 nitrogen and oxygen atoms in total. The molecule has 4 heterocycles. The summed E-state index contributed by atoms with van der Waals surface area (Å²) in [5.74, 6) is 2.95. The van der Waals surface area contributed by atoms with Crippen LogP contribution in [0, 0.1) is 0 Å². The highest BCUT2D eigenvalue weighted by atomic mass is 32.1. The van der Waals surface area contributed by atoms with Crippen LogP contribution in [-0.4, -0.2) is 49.5 Å². The second-order valence-corrected chi connectivity index (χ2v) is 10.8. The Morgan fingerprint density at radius 2 is 1.92 bits per heavy atom. The van der Waals surface area contributed by atoms with Crippen molar-refractivity contribution in [2.24, 2.45) is 0 Å². The summed E-state index contributed by atoms with van der Waals surface area (Å²) >= 11 is 1.83. The van der Waals surface area contributed by atoms with Crippen LogP contribution in [0.1, 0.15) is 43.3 Å². The van der Waals surface area contributed by atoms with Gasteiger partial charge in [-0.3, -0.25) is 15.1 Å². The molecule has 1 aliphatic rings. The van der Waals surface area contributed by atoms with Gasteiger partial charge < -0.3 is 4.74 Å². The van der Waals surface area contributed by atoms with E-state index in [2.05, 4.69) is 73.1 Å². The lowest BCUT2D eigenvalue weighted by Crippen LogP contribution is -2.34. The van der Waals surface area contributed by atoms with E-state index in [1.54, 1.807) is 0 Å². The molecule has 0 aliphatic carbocycles. The summed E-state index contributed by atoms with van der Waals surface area (Å²) in [5, 5.41) is 18.8. The highest BCUT2D eigenvalue weighted by molar-refractivity contribution is 7.09. The van der Waals surface area contributed by atoms with Gasteiger partial charge in [0.1, 0.15) is 11.6 Å². The van der Waals surface area contributed by atoms with Crippen LogP contribution in [0.5, 0.6) is 5.75 Å². The third kappa shape index (κ3) is 4.79. The fourth-order valence-corrected chi connectivity index (χ4v) is 5.71. The number of aromatic nitrogens is 5. The monoisotopic (exact) mass is 498 g/mol. The standard InChI is InChI=1S/C28H30N6OS/c1-18(2)35-22-10-7-19(8-11-22)26-24-15-20(9-12-25(24)30-31-26)27-29-28(33-32-27)21-5-3-13-34(16-21)17-23-6-4-14-36-23/h4,6-12,14-15,18,21H,3,5,13,16-17H2,1-2H3,(H,30,31)(H,29,32,33)/t21-/m1/s1. The van der Waals surface area contributed by atoms with Gasteiger partial charge in [0.25, 0.3) is 0 Å². The molecular weight excluding hydrogens is 468 g/mol. The van der Waals surface area contributed by atoms with Crippen LogP contribution in [0.15, 0.2) is 60.0 Å². The van der Waals surface area contributed by atoms with Crippen molar-refractivity contribution in [2.75, 3.05) is 13.1 Å². The van der Waals surface area contributed by atoms with Crippen molar-refractivity contribution in [2.45, 2.75) is 45.3 Å². The number of nitrogens with zero attached hydrogens (tertiary/aromatic N) is 4. The first-order valence-electron chi connectivity index (χ1n) is 12.5. The van der Waals surface area contributed by atoms with Crippen LogP contribution in [0.2, 0.25) is 0 Å². The van der Waals surface area contributed by atoms with Crippen molar-refractivity contribution in [3.63, 3.8) is 0 Å². The molecular formula is C28H30N6OS. The summed E-state index contributed by atoms with van der Waals surface area (Å²) < 4.78 is 5.79. The molecule has 0 radical (unpaired) electrons. The Labute approximate surface area is 214 Å². The molecule has 1 saturated heterocycles. The highest BCUT2D eigenvalue weighted by Crippen LogP contribution is 2.32. The number of aromatic amines is 2. The van der Waals surface area contributed by atoms with Crippen LogP contribution in [0.25, 0.3) is 33.5 Å². The second-order valence-electron chi connectivity index (χ2n) is 9.72. The zero-order chi connectivity index (χ0) is 24.5. The van der Waals surface area contributed by atoms with E-state index in [0.717, 1.165) is 71.2 Å². The predicted octanol–water partition coefficient (Wildman–Crippen LogP) is 6.24. The van der Waals surface area contributed by atoms with Crippen molar-refractivity contribution < 1.29 is 4.74 Å². The molecule has 8 heteroatoms. The van der Waals surface area contributed by atoms with Gasteiger partial charge in [0.15, 0.2) is 5.82 Å². The van der Waals surface area contributed by atoms with Gasteiger partial charge in [-0.25, -0.2) is 4.98 Å². The van der Waals surface area contributed by atoms with Crippen LogP contribution >= 0.6 is 11.3 Å². The Kier molecular flexibility index (Phi) is 6.29. The van der Waals surface area contributed by atoms with Crippen molar-refractivity contribution in [1.82, 2.24) is 30.3 Å². The first-order chi connectivity index (χ1) is 17.6. The van der Waals surface area contributed by atoms with E-state index >= 15 is 0 Å². The Morgan fingerprint density at radius 1 is 1.06 bits per heavy atom. The van der Waals surface area contributed by atoms with Gasteiger partial charge in [-0.05, 0) is 87.1 Å². The number of ether oxygens (including phenoxy) is 1. The summed E-state index contributed by atoms with van der Waals surface area (Å²) in [6.07, 6.45) is 2.46. The van der Waals surface area contributed by atoms with Crippen LogP contribution in [0.4, 0.5) is 0 Å². The van der Waals surface area contributed by atoms with Crippen molar-refractivity contribution >= 4 is 22.2 Å². The maximum atomic E-state index is 5.79. The molecule has 0 spiro atoms. The number of hydrogen-bond donors (Lipinski definition) is 2. The van der Waals surface area contributed by atoms with Gasteiger partial charge in [0, 0.05) is 40.4 Å². The van der Waals surface area contributed by atoms with E-state index in [4.69, 9.17) is 9.72 Å². The summed E-state index contributed by atoms with van der Waals surface area (Å²) in [5.41, 5.74) is 3.93. The molecule has 0 bridgehead atoms. The fraction of sp³-hybridized carbons (Fsp3) is 0.321. The van der Waals surface area contributed by atoms with E-state index in [-0.39, 0.29) is 6.10 Å².